The first-order valence-electron chi connectivity index (χ1n) is 10.1. The zero-order chi connectivity index (χ0) is 23.3. The van der Waals surface area contributed by atoms with Gasteiger partial charge in [0.1, 0.15) is 23.9 Å². The SMILES string of the molecule is Cc1c(F)ccc(CNC(=O)c2cn3c(c(O)c2=O)C(=O)N2CN3[C@H](C)C=C[C@@H]2C)c1F. The smallest absolute Gasteiger partial charge is 0.278 e. The monoisotopic (exact) mass is 444 g/mol. The van der Waals surface area contributed by atoms with Crippen LogP contribution >= 0.6 is 0 Å². The van der Waals surface area contributed by atoms with Crippen molar-refractivity contribution in [3.63, 3.8) is 0 Å². The number of hydrogen-bond donors (Lipinski definition) is 2. The summed E-state index contributed by atoms with van der Waals surface area (Å²) in [4.78, 5) is 39.9. The first-order valence-corrected chi connectivity index (χ1v) is 10.1. The van der Waals surface area contributed by atoms with Gasteiger partial charge in [-0.3, -0.25) is 24.1 Å². The number of hydrogen-bond acceptors (Lipinski definition) is 5. The molecule has 2 aliphatic heterocycles. The lowest BCUT2D eigenvalue weighted by molar-refractivity contribution is 0.0652. The Morgan fingerprint density at radius 3 is 2.59 bits per heavy atom. The number of fused-ring (bicyclic) bond motifs is 4. The normalized spacial score (nSPS) is 19.6. The van der Waals surface area contributed by atoms with Gasteiger partial charge >= 0.3 is 0 Å². The van der Waals surface area contributed by atoms with Gasteiger partial charge in [-0.25, -0.2) is 8.78 Å². The van der Waals surface area contributed by atoms with Gasteiger partial charge < -0.3 is 15.3 Å². The number of nitrogens with zero attached hydrogens (tertiary/aromatic N) is 3. The number of benzene rings is 1. The Morgan fingerprint density at radius 2 is 1.88 bits per heavy atom. The lowest BCUT2D eigenvalue weighted by atomic mass is 10.1. The number of nitrogens with one attached hydrogen (secondary N) is 1. The third kappa shape index (κ3) is 3.31. The van der Waals surface area contributed by atoms with E-state index in [0.717, 1.165) is 6.07 Å². The van der Waals surface area contributed by atoms with Crippen molar-refractivity contribution in [3.05, 3.63) is 74.7 Å². The van der Waals surface area contributed by atoms with Crippen LogP contribution in [0.1, 0.15) is 45.8 Å². The number of pyridine rings is 1. The van der Waals surface area contributed by atoms with E-state index in [2.05, 4.69) is 5.32 Å². The molecule has 4 rings (SSSR count). The molecule has 2 aliphatic rings. The van der Waals surface area contributed by atoms with Crippen LogP contribution in [0.5, 0.6) is 5.75 Å². The van der Waals surface area contributed by atoms with E-state index >= 15 is 0 Å². The average molecular weight is 444 g/mol. The van der Waals surface area contributed by atoms with E-state index in [-0.39, 0.29) is 42.1 Å². The summed E-state index contributed by atoms with van der Waals surface area (Å²) in [7, 11) is 0. The maximum Gasteiger partial charge on any atom is 0.278 e. The maximum absolute atomic E-state index is 14.2. The summed E-state index contributed by atoms with van der Waals surface area (Å²) in [6, 6.07) is 1.86. The third-order valence-electron chi connectivity index (χ3n) is 5.92. The summed E-state index contributed by atoms with van der Waals surface area (Å²) in [5.74, 6) is -3.71. The van der Waals surface area contributed by atoms with Crippen molar-refractivity contribution >= 4 is 11.8 Å². The Morgan fingerprint density at radius 1 is 1.19 bits per heavy atom. The number of halogens is 2. The van der Waals surface area contributed by atoms with E-state index in [4.69, 9.17) is 0 Å². The molecule has 2 N–H and O–H groups in total. The number of carbonyl (C=O) groups is 2. The quantitative estimate of drug-likeness (QED) is 0.704. The maximum atomic E-state index is 14.2. The standard InChI is InChI=1S/C22H22F2N4O4/c1-11-4-5-12(2)28-10-26(11)22(32)18-20(30)19(29)15(9-27(18)28)21(31)25-8-14-6-7-16(23)13(3)17(14)24/h4-7,9,11-12,30H,8,10H2,1-3H3,(H,25,31)/t11-,12+/m0/s1. The minimum absolute atomic E-state index is 0.0469. The lowest BCUT2D eigenvalue weighted by Crippen LogP contribution is -2.57. The van der Waals surface area contributed by atoms with Crippen LogP contribution in [0.3, 0.4) is 0 Å². The Hall–Kier alpha value is -3.69. The van der Waals surface area contributed by atoms with Crippen molar-refractivity contribution in [1.29, 1.82) is 0 Å². The summed E-state index contributed by atoms with van der Waals surface area (Å²) in [5.41, 5.74) is -1.76. The minimum Gasteiger partial charge on any atom is -0.502 e. The van der Waals surface area contributed by atoms with Crippen LogP contribution in [0.25, 0.3) is 0 Å². The molecule has 0 saturated carbocycles. The highest BCUT2D eigenvalue weighted by Crippen LogP contribution is 2.26. The minimum atomic E-state index is -1.01. The number of rotatable bonds is 3. The number of aromatic nitrogens is 1. The van der Waals surface area contributed by atoms with Crippen molar-refractivity contribution in [2.75, 3.05) is 11.7 Å². The third-order valence-corrected chi connectivity index (χ3v) is 5.92. The van der Waals surface area contributed by atoms with E-state index in [9.17, 15) is 28.3 Å². The highest BCUT2D eigenvalue weighted by molar-refractivity contribution is 5.99. The Balaban J connectivity index is 1.70. The predicted octanol–water partition coefficient (Wildman–Crippen LogP) is 1.77. The second kappa shape index (κ2) is 7.77. The van der Waals surface area contributed by atoms with Crippen LogP contribution in [0.4, 0.5) is 8.78 Å². The molecular weight excluding hydrogens is 422 g/mol. The highest BCUT2D eigenvalue weighted by Gasteiger charge is 2.38. The zero-order valence-corrected chi connectivity index (χ0v) is 17.7. The molecule has 1 aromatic heterocycles. The van der Waals surface area contributed by atoms with Gasteiger partial charge in [0.15, 0.2) is 11.4 Å². The molecule has 0 spiro atoms. The van der Waals surface area contributed by atoms with Gasteiger partial charge in [0, 0.05) is 29.9 Å². The first-order chi connectivity index (χ1) is 15.1. The molecular formula is C22H22F2N4O4. The van der Waals surface area contributed by atoms with E-state index in [1.807, 2.05) is 26.0 Å². The van der Waals surface area contributed by atoms with Gasteiger partial charge in [-0.05, 0) is 26.8 Å². The van der Waals surface area contributed by atoms with Gasteiger partial charge in [-0.1, -0.05) is 18.2 Å². The molecule has 0 saturated heterocycles. The van der Waals surface area contributed by atoms with Crippen LogP contribution in [0.2, 0.25) is 0 Å². The van der Waals surface area contributed by atoms with Crippen LogP contribution in [-0.2, 0) is 6.54 Å². The van der Waals surface area contributed by atoms with Gasteiger partial charge in [0.05, 0.1) is 6.04 Å². The topological polar surface area (TPSA) is 94.9 Å². The summed E-state index contributed by atoms with van der Waals surface area (Å²) >= 11 is 0. The van der Waals surface area contributed by atoms with Crippen molar-refractivity contribution in [2.24, 2.45) is 0 Å². The summed E-state index contributed by atoms with van der Waals surface area (Å²) in [6.07, 6.45) is 4.95. The molecule has 2 amide bonds. The summed E-state index contributed by atoms with van der Waals surface area (Å²) in [5, 5.41) is 14.7. The van der Waals surface area contributed by atoms with Crippen molar-refractivity contribution in [3.8, 4) is 5.75 Å². The summed E-state index contributed by atoms with van der Waals surface area (Å²) < 4.78 is 29.0. The second-order valence-corrected chi connectivity index (χ2v) is 7.96. The highest BCUT2D eigenvalue weighted by atomic mass is 19.1. The predicted molar refractivity (Wildman–Crippen MR) is 112 cm³/mol. The Bertz CT molecular complexity index is 1220. The van der Waals surface area contributed by atoms with E-state index in [1.54, 1.807) is 5.01 Å². The van der Waals surface area contributed by atoms with Crippen molar-refractivity contribution in [2.45, 2.75) is 39.4 Å². The number of carbonyl (C=O) groups excluding carboxylic acids is 2. The van der Waals surface area contributed by atoms with Crippen LogP contribution in [0, 0.1) is 18.6 Å². The number of aromatic hydroxyl groups is 1. The molecule has 1 aromatic carbocycles. The zero-order valence-electron chi connectivity index (χ0n) is 17.7. The van der Waals surface area contributed by atoms with Crippen molar-refractivity contribution in [1.82, 2.24) is 14.9 Å². The van der Waals surface area contributed by atoms with E-state index in [1.165, 1.54) is 28.8 Å². The molecule has 0 unspecified atom stereocenters. The molecule has 3 heterocycles. The Kier molecular flexibility index (Phi) is 5.23. The molecule has 0 aliphatic carbocycles. The fraction of sp³-hybridized carbons (Fsp3) is 0.318. The Labute approximate surface area is 182 Å². The van der Waals surface area contributed by atoms with Crippen molar-refractivity contribution < 1.29 is 23.5 Å². The lowest BCUT2D eigenvalue weighted by Gasteiger charge is -2.41. The van der Waals surface area contributed by atoms with Gasteiger partial charge in [-0.2, -0.15) is 0 Å². The molecule has 8 nitrogen and oxygen atoms in total. The molecule has 2 bridgehead atoms. The van der Waals surface area contributed by atoms with Crippen LogP contribution in [0.15, 0.2) is 35.3 Å². The van der Waals surface area contributed by atoms with Crippen LogP contribution in [-0.4, -0.2) is 45.2 Å². The summed E-state index contributed by atoms with van der Waals surface area (Å²) in [6.45, 7) is 4.89. The second-order valence-electron chi connectivity index (χ2n) is 7.96. The van der Waals surface area contributed by atoms with Gasteiger partial charge in [0.2, 0.25) is 5.43 Å². The first kappa shape index (κ1) is 21.5. The molecule has 0 fully saturated rings. The average Bonchev–Trinajstić information content (AvgIpc) is 2.89. The van der Waals surface area contributed by atoms with E-state index in [0.29, 0.717) is 0 Å². The van der Waals surface area contributed by atoms with Gasteiger partial charge in [0.25, 0.3) is 11.8 Å². The fourth-order valence-corrected chi connectivity index (χ4v) is 3.87. The van der Waals surface area contributed by atoms with Gasteiger partial charge in [-0.15, -0.1) is 0 Å². The molecule has 2 aromatic rings. The van der Waals surface area contributed by atoms with Crippen LogP contribution < -0.4 is 15.8 Å². The molecule has 32 heavy (non-hydrogen) atoms. The van der Waals surface area contributed by atoms with E-state index < -0.39 is 40.2 Å². The molecule has 168 valence electrons. The molecule has 10 heteroatoms. The fourth-order valence-electron chi connectivity index (χ4n) is 3.87. The molecule has 2 atom stereocenters. The molecule has 0 radical (unpaired) electrons. The number of amides is 2. The largest absolute Gasteiger partial charge is 0.502 e.